The first-order valence-corrected chi connectivity index (χ1v) is 23.3. The van der Waals surface area contributed by atoms with E-state index < -0.39 is 47.5 Å². The maximum atomic E-state index is 14.7. The summed E-state index contributed by atoms with van der Waals surface area (Å²) in [6.45, 7) is 6.33. The van der Waals surface area contributed by atoms with Crippen LogP contribution < -0.4 is 45.4 Å². The number of aliphatic hydroxyl groups excluding tert-OH is 1. The number of aliphatic hydroxyl groups is 1. The Morgan fingerprint density at radius 1 is 0.592 bits per heavy atom. The van der Waals surface area contributed by atoms with Gasteiger partial charge >= 0.3 is 29.6 Å². The number of rotatable bonds is 16. The van der Waals surface area contributed by atoms with Crippen LogP contribution >= 0.6 is 0 Å². The van der Waals surface area contributed by atoms with Crippen molar-refractivity contribution in [2.75, 3.05) is 61.6 Å². The van der Waals surface area contributed by atoms with Crippen LogP contribution in [0.15, 0.2) is 131 Å². The molecular weight excluding hydrogens is 1000 g/mol. The van der Waals surface area contributed by atoms with Crippen LogP contribution in [-0.4, -0.2) is 116 Å². The normalized spacial score (nSPS) is 10.8. The zero-order valence-electron chi connectivity index (χ0n) is 45.3. The summed E-state index contributed by atoms with van der Waals surface area (Å²) in [5, 5.41) is 16.8. The Labute approximate surface area is 461 Å². The van der Waals surface area contributed by atoms with Crippen LogP contribution in [0.25, 0.3) is 45.3 Å². The van der Waals surface area contributed by atoms with Crippen molar-refractivity contribution in [3.63, 3.8) is 0 Å². The summed E-state index contributed by atoms with van der Waals surface area (Å²) in [6, 6.07) is 24.2. The fourth-order valence-corrected chi connectivity index (χ4v) is 6.97. The van der Waals surface area contributed by atoms with Crippen LogP contribution in [0.5, 0.6) is 5.75 Å². The van der Waals surface area contributed by atoms with Gasteiger partial charge in [0.15, 0.2) is 46.5 Å². The Hall–Kier alpha value is -6.94. The van der Waals surface area contributed by atoms with Crippen LogP contribution in [-0.2, 0) is 13.1 Å². The number of aromatic nitrogens is 8. The maximum Gasteiger partial charge on any atom is 1.00 e. The molecule has 1 N–H and O–H groups in total. The standard InChI is InChI=1S/C27H27F2N5O2.C22H15F3N4O.C5H13NO.CH3F.Na.H/c1-18-15-30-27(31-16-18)20-7-4-6-19(12-20)17-34-25(35)9-8-24(32-34)21-13-22(28)26(23(29)14-21)36-11-5-10-33(2)3;1-13-10-26-22(27-11-13)15-4-2-3-14(7-15)12-29-20(30)6-5-19(28-29)16-8-17(23)21(25)18(24)9-16;1-6(2)4-3-5-7;1-2;;/h4,6-9,12-16H,5,10-11,17H2,1-3H3;2-11H,12H2,1H3;7H,3-5H2,1-2H3;1H3;;/q;;;;+1;-1/i;;;1D;;. The van der Waals surface area contributed by atoms with Crippen molar-refractivity contribution in [3.8, 4) is 51.0 Å². The number of halogens is 6. The summed E-state index contributed by atoms with van der Waals surface area (Å²) in [4.78, 5) is 46.0. The third-order valence-corrected chi connectivity index (χ3v) is 10.7. The molecule has 14 nitrogen and oxygen atoms in total. The van der Waals surface area contributed by atoms with Crippen molar-refractivity contribution in [3.05, 3.63) is 194 Å². The third kappa shape index (κ3) is 18.4. The van der Waals surface area contributed by atoms with Gasteiger partial charge in [-0.1, -0.05) is 36.4 Å². The largest absolute Gasteiger partial charge is 1.00 e. The first kappa shape index (κ1) is 59.9. The molecule has 0 saturated heterocycles. The molecule has 8 rings (SSSR count). The van der Waals surface area contributed by atoms with Crippen molar-refractivity contribution in [1.82, 2.24) is 49.3 Å². The fraction of sp³-hybridized carbons (Fsp3) is 0.273. The number of aryl methyl sites for hydroxylation is 2. The molecule has 0 amide bonds. The average Bonchev–Trinajstić information content (AvgIpc) is 3.39. The quantitative estimate of drug-likeness (QED) is 0.0514. The molecular formula is C55H59F6N10NaO4. The Morgan fingerprint density at radius 2 is 0.987 bits per heavy atom. The van der Waals surface area contributed by atoms with Crippen LogP contribution in [0.3, 0.4) is 0 Å². The van der Waals surface area contributed by atoms with Crippen LogP contribution in [0.4, 0.5) is 26.3 Å². The number of hydrogen-bond acceptors (Lipinski definition) is 12. The van der Waals surface area contributed by atoms with E-state index in [9.17, 15) is 35.9 Å². The number of nitrogens with zero attached hydrogens (tertiary/aromatic N) is 10. The molecule has 396 valence electrons. The molecule has 4 aromatic carbocycles. The number of ether oxygens (including phenoxy) is 1. The molecule has 0 radical (unpaired) electrons. The smallest absolute Gasteiger partial charge is 1.00 e. The van der Waals surface area contributed by atoms with E-state index in [2.05, 4.69) is 35.0 Å². The van der Waals surface area contributed by atoms with Crippen molar-refractivity contribution in [2.24, 2.45) is 0 Å². The Morgan fingerprint density at radius 3 is 1.37 bits per heavy atom. The molecule has 0 unspecified atom stereocenters. The zero-order chi connectivity index (χ0) is 55.3. The molecule has 76 heavy (non-hydrogen) atoms. The van der Waals surface area contributed by atoms with Crippen molar-refractivity contribution >= 4 is 0 Å². The third-order valence-electron chi connectivity index (χ3n) is 10.7. The second-order valence-corrected chi connectivity index (χ2v) is 17.4. The molecule has 0 spiro atoms. The fourth-order valence-electron chi connectivity index (χ4n) is 6.97. The van der Waals surface area contributed by atoms with E-state index in [4.69, 9.17) is 11.2 Å². The first-order valence-electron chi connectivity index (χ1n) is 24.0. The molecule has 0 aliphatic heterocycles. The summed E-state index contributed by atoms with van der Waals surface area (Å²) >= 11 is 0. The molecule has 4 heterocycles. The molecule has 4 aromatic heterocycles. The van der Waals surface area contributed by atoms with Gasteiger partial charge < -0.3 is 21.1 Å². The predicted molar refractivity (Wildman–Crippen MR) is 277 cm³/mol. The van der Waals surface area contributed by atoms with E-state index in [0.29, 0.717) is 24.7 Å². The minimum absolute atomic E-state index is 0. The van der Waals surface area contributed by atoms with Crippen molar-refractivity contribution in [1.29, 1.82) is 0 Å². The van der Waals surface area contributed by atoms with Gasteiger partial charge in [-0.15, -0.1) is 0 Å². The van der Waals surface area contributed by atoms with Gasteiger partial charge in [-0.05, 0) is 132 Å². The van der Waals surface area contributed by atoms with E-state index in [1.807, 2.05) is 95.5 Å². The van der Waals surface area contributed by atoms with E-state index in [1.54, 1.807) is 24.8 Å². The van der Waals surface area contributed by atoms with Gasteiger partial charge in [-0.3, -0.25) is 14.0 Å². The van der Waals surface area contributed by atoms with Crippen LogP contribution in [0, 0.1) is 42.9 Å². The van der Waals surface area contributed by atoms with Gasteiger partial charge in [0.1, 0.15) is 0 Å². The van der Waals surface area contributed by atoms with Gasteiger partial charge in [0.05, 0.1) is 39.6 Å². The molecule has 0 aliphatic carbocycles. The Bertz CT molecular complexity index is 3220. The second-order valence-electron chi connectivity index (χ2n) is 17.4. The molecule has 21 heteroatoms. The number of hydrogen-bond donors (Lipinski definition) is 1. The van der Waals surface area contributed by atoms with E-state index in [-0.39, 0.29) is 78.8 Å². The van der Waals surface area contributed by atoms with E-state index >= 15 is 0 Å². The minimum Gasteiger partial charge on any atom is -1.00 e. The average molecular weight is 1060 g/mol. The second kappa shape index (κ2) is 30.6. The summed E-state index contributed by atoms with van der Waals surface area (Å²) in [6.07, 6.45) is 8.42. The zero-order valence-corrected chi connectivity index (χ0v) is 45.3. The first-order chi connectivity index (χ1) is 36.4. The molecule has 8 aromatic rings. The van der Waals surface area contributed by atoms with Gasteiger partial charge in [0.25, 0.3) is 11.1 Å². The molecule has 0 aliphatic rings. The van der Waals surface area contributed by atoms with Gasteiger partial charge in [0.2, 0.25) is 0 Å². The number of benzene rings is 4. The Balaban J connectivity index is 0.000000345. The number of alkyl halides is 1. The van der Waals surface area contributed by atoms with Gasteiger partial charge in [-0.25, -0.2) is 51.3 Å². The molecule has 0 bridgehead atoms. The predicted octanol–water partition coefficient (Wildman–Crippen LogP) is 6.11. The van der Waals surface area contributed by atoms with Crippen LogP contribution in [0.2, 0.25) is 0 Å². The van der Waals surface area contributed by atoms with Gasteiger partial charge in [-0.2, -0.15) is 10.2 Å². The van der Waals surface area contributed by atoms with E-state index in [0.717, 1.165) is 77.2 Å². The van der Waals surface area contributed by atoms with E-state index in [1.165, 1.54) is 33.6 Å². The molecule has 0 atom stereocenters. The van der Waals surface area contributed by atoms with Gasteiger partial charge in [0, 0.05) is 72.3 Å². The summed E-state index contributed by atoms with van der Waals surface area (Å²) in [5.74, 6) is -5.13. The molecule has 0 fully saturated rings. The maximum absolute atomic E-state index is 14.7. The minimum atomic E-state index is -1.55. The molecule has 0 saturated carbocycles. The topological polar surface area (TPSA) is 157 Å². The summed E-state index contributed by atoms with van der Waals surface area (Å²) in [5.41, 5.74) is 4.98. The summed E-state index contributed by atoms with van der Waals surface area (Å²) < 4.78 is 92.9. The SMILES string of the molecule is CN(C)CCCO.Cc1cnc(-c2cccc(Cn3nc(-c4cc(F)c(F)c(F)c4)ccc3=O)c2)nc1.Cc1cnc(-c2cccc(Cn3nc(-c4cc(F)c(OCCCN(C)C)c(F)c4)ccc3=O)c2)nc1.[2H]CF.[H-].[Na+]. The van der Waals surface area contributed by atoms with Crippen LogP contribution in [0.1, 0.15) is 37.9 Å². The monoisotopic (exact) mass is 1060 g/mol. The summed E-state index contributed by atoms with van der Waals surface area (Å²) in [7, 11) is 6.82. The van der Waals surface area contributed by atoms with Crippen molar-refractivity contribution < 1.29 is 68.5 Å². The van der Waals surface area contributed by atoms with Crippen molar-refractivity contribution in [2.45, 2.75) is 39.8 Å². The Kier molecular flexibility index (Phi) is 24.1.